The minimum Gasteiger partial charge on any atom is -0.507 e. The number of fused-ring (bicyclic) bond motifs is 4. The number of nitrogens with one attached hydrogen (secondary N) is 2. The number of hydrogen-bond donors (Lipinski definition) is 5. The molecule has 0 spiro atoms. The number of aromatic hydroxyl groups is 3. The molecule has 26 heavy (non-hydrogen) atoms. The lowest BCUT2D eigenvalue weighted by Crippen LogP contribution is -2.40. The minimum absolute atomic E-state index is 0.00896. The van der Waals surface area contributed by atoms with E-state index in [2.05, 4.69) is 10.6 Å². The van der Waals surface area contributed by atoms with Gasteiger partial charge in [-0.3, -0.25) is 9.59 Å². The molecule has 0 unspecified atom stereocenters. The molecule has 1 aliphatic heterocycles. The van der Waals surface area contributed by atoms with Crippen molar-refractivity contribution >= 4 is 22.9 Å². The van der Waals surface area contributed by atoms with Gasteiger partial charge in [0.25, 0.3) is 0 Å². The fourth-order valence-corrected chi connectivity index (χ4v) is 3.78. The number of rotatable bonds is 2. The average Bonchev–Trinajstić information content (AvgIpc) is 2.99. The standard InChI is InChI=1S/C19H18N2O5/c1-3-19(4-2)20-8-7-11(24)14-15(16(8)21-19)18(26)13-10(23)6-5-9(22)12(13)17(14)25/h5-7,20-24H,3-4H2,1-2H3. The molecule has 5 N–H and O–H groups in total. The Kier molecular flexibility index (Phi) is 3.21. The summed E-state index contributed by atoms with van der Waals surface area (Å²) in [7, 11) is 0. The fourth-order valence-electron chi connectivity index (χ4n) is 3.78. The number of benzene rings is 2. The predicted molar refractivity (Wildman–Crippen MR) is 95.3 cm³/mol. The molecule has 134 valence electrons. The van der Waals surface area contributed by atoms with Gasteiger partial charge in [-0.2, -0.15) is 0 Å². The van der Waals surface area contributed by atoms with Gasteiger partial charge >= 0.3 is 0 Å². The Labute approximate surface area is 149 Å². The molecular formula is C19H18N2O5. The number of hydrogen-bond acceptors (Lipinski definition) is 7. The van der Waals surface area contributed by atoms with Crippen molar-refractivity contribution in [1.29, 1.82) is 0 Å². The van der Waals surface area contributed by atoms with E-state index in [1.54, 1.807) is 0 Å². The second-order valence-electron chi connectivity index (χ2n) is 6.62. The van der Waals surface area contributed by atoms with Crippen LogP contribution in [0.3, 0.4) is 0 Å². The van der Waals surface area contributed by atoms with E-state index in [0.29, 0.717) is 24.2 Å². The Morgan fingerprint density at radius 3 is 1.85 bits per heavy atom. The van der Waals surface area contributed by atoms with Crippen LogP contribution in [0.1, 0.15) is 58.5 Å². The topological polar surface area (TPSA) is 119 Å². The normalized spacial score (nSPS) is 16.4. The number of ketones is 2. The van der Waals surface area contributed by atoms with E-state index in [4.69, 9.17) is 0 Å². The molecule has 2 aromatic rings. The minimum atomic E-state index is -0.699. The zero-order chi connectivity index (χ0) is 18.8. The molecule has 0 amide bonds. The van der Waals surface area contributed by atoms with Gasteiger partial charge in [-0.05, 0) is 25.0 Å². The number of carbonyl (C=O) groups excluding carboxylic acids is 2. The summed E-state index contributed by atoms with van der Waals surface area (Å²) in [6.07, 6.45) is 1.41. The molecule has 0 radical (unpaired) electrons. The predicted octanol–water partition coefficient (Wildman–Crippen LogP) is 2.93. The summed E-state index contributed by atoms with van der Waals surface area (Å²) in [5.74, 6) is -2.46. The molecule has 0 atom stereocenters. The second-order valence-corrected chi connectivity index (χ2v) is 6.62. The Morgan fingerprint density at radius 1 is 0.808 bits per heavy atom. The number of anilines is 2. The molecule has 2 aliphatic rings. The van der Waals surface area contributed by atoms with E-state index in [1.807, 2.05) is 13.8 Å². The van der Waals surface area contributed by atoms with Crippen molar-refractivity contribution < 1.29 is 24.9 Å². The van der Waals surface area contributed by atoms with Crippen LogP contribution in [0, 0.1) is 0 Å². The number of phenolic OH excluding ortho intramolecular Hbond substituents is 3. The van der Waals surface area contributed by atoms with E-state index in [0.717, 1.165) is 6.07 Å². The third-order valence-corrected chi connectivity index (χ3v) is 5.32. The van der Waals surface area contributed by atoms with Gasteiger partial charge in [0.2, 0.25) is 11.6 Å². The highest BCUT2D eigenvalue weighted by Gasteiger charge is 2.43. The number of phenols is 3. The van der Waals surface area contributed by atoms with Gasteiger partial charge in [0.1, 0.15) is 22.9 Å². The lowest BCUT2D eigenvalue weighted by atomic mass is 9.81. The van der Waals surface area contributed by atoms with Crippen LogP contribution in [0.5, 0.6) is 17.2 Å². The van der Waals surface area contributed by atoms with Gasteiger partial charge in [0, 0.05) is 6.07 Å². The van der Waals surface area contributed by atoms with Crippen molar-refractivity contribution in [1.82, 2.24) is 0 Å². The van der Waals surface area contributed by atoms with Gasteiger partial charge in [-0.1, -0.05) is 13.8 Å². The van der Waals surface area contributed by atoms with Crippen molar-refractivity contribution in [3.8, 4) is 17.2 Å². The van der Waals surface area contributed by atoms with Gasteiger partial charge in [0.15, 0.2) is 0 Å². The van der Waals surface area contributed by atoms with Crippen LogP contribution < -0.4 is 10.6 Å². The summed E-state index contributed by atoms with van der Waals surface area (Å²) >= 11 is 0. The van der Waals surface area contributed by atoms with Crippen molar-refractivity contribution in [2.75, 3.05) is 10.6 Å². The first-order valence-electron chi connectivity index (χ1n) is 8.44. The van der Waals surface area contributed by atoms with Gasteiger partial charge < -0.3 is 26.0 Å². The second kappa shape index (κ2) is 5.14. The molecule has 0 fully saturated rings. The zero-order valence-corrected chi connectivity index (χ0v) is 14.3. The molecule has 0 bridgehead atoms. The van der Waals surface area contributed by atoms with Crippen LogP contribution in [0.2, 0.25) is 0 Å². The van der Waals surface area contributed by atoms with Crippen LogP contribution >= 0.6 is 0 Å². The highest BCUT2D eigenvalue weighted by atomic mass is 16.3. The van der Waals surface area contributed by atoms with E-state index in [1.165, 1.54) is 12.1 Å². The lowest BCUT2D eigenvalue weighted by Gasteiger charge is -2.28. The molecule has 1 heterocycles. The largest absolute Gasteiger partial charge is 0.507 e. The van der Waals surface area contributed by atoms with Gasteiger partial charge in [-0.25, -0.2) is 0 Å². The monoisotopic (exact) mass is 354 g/mol. The third kappa shape index (κ3) is 1.88. The van der Waals surface area contributed by atoms with E-state index in [9.17, 15) is 24.9 Å². The van der Waals surface area contributed by atoms with Gasteiger partial charge in [0.05, 0.1) is 33.6 Å². The average molecular weight is 354 g/mol. The summed E-state index contributed by atoms with van der Waals surface area (Å²) in [4.78, 5) is 26.0. The first kappa shape index (κ1) is 16.3. The SMILES string of the molecule is CCC1(CC)Nc2cc(O)c3c(c2N1)C(=O)c1c(O)ccc(O)c1C3=O. The summed E-state index contributed by atoms with van der Waals surface area (Å²) < 4.78 is 0. The van der Waals surface area contributed by atoms with Crippen molar-refractivity contribution in [2.24, 2.45) is 0 Å². The van der Waals surface area contributed by atoms with Crippen molar-refractivity contribution in [3.63, 3.8) is 0 Å². The molecule has 0 saturated heterocycles. The van der Waals surface area contributed by atoms with Crippen molar-refractivity contribution in [3.05, 3.63) is 40.5 Å². The maximum absolute atomic E-state index is 13.1. The van der Waals surface area contributed by atoms with E-state index < -0.39 is 23.0 Å². The molecular weight excluding hydrogens is 336 g/mol. The Bertz CT molecular complexity index is 992. The molecule has 0 saturated carbocycles. The maximum Gasteiger partial charge on any atom is 0.202 e. The molecule has 0 aromatic heterocycles. The van der Waals surface area contributed by atoms with E-state index in [-0.39, 0.29) is 33.8 Å². The third-order valence-electron chi connectivity index (χ3n) is 5.32. The van der Waals surface area contributed by atoms with E-state index >= 15 is 0 Å². The summed E-state index contributed by atoms with van der Waals surface area (Å²) in [5.41, 5.74) is -0.242. The maximum atomic E-state index is 13.1. The zero-order valence-electron chi connectivity index (χ0n) is 14.3. The molecule has 2 aromatic carbocycles. The smallest absolute Gasteiger partial charge is 0.202 e. The first-order valence-corrected chi connectivity index (χ1v) is 8.44. The molecule has 4 rings (SSSR count). The highest BCUT2D eigenvalue weighted by molar-refractivity contribution is 6.33. The molecule has 7 heteroatoms. The quantitative estimate of drug-likeness (QED) is 0.449. The molecule has 7 nitrogen and oxygen atoms in total. The van der Waals surface area contributed by atoms with Crippen LogP contribution in [0.15, 0.2) is 18.2 Å². The van der Waals surface area contributed by atoms with Crippen molar-refractivity contribution in [2.45, 2.75) is 32.4 Å². The number of carbonyl (C=O) groups is 2. The van der Waals surface area contributed by atoms with Gasteiger partial charge in [-0.15, -0.1) is 0 Å². The molecule has 1 aliphatic carbocycles. The summed E-state index contributed by atoms with van der Waals surface area (Å²) in [5, 5.41) is 37.2. The van der Waals surface area contributed by atoms with Crippen LogP contribution in [0.25, 0.3) is 0 Å². The summed E-state index contributed by atoms with van der Waals surface area (Å²) in [6, 6.07) is 3.72. The Morgan fingerprint density at radius 2 is 1.31 bits per heavy atom. The fraction of sp³-hybridized carbons (Fsp3) is 0.263. The van der Waals surface area contributed by atoms with Crippen LogP contribution in [-0.4, -0.2) is 32.5 Å². The first-order chi connectivity index (χ1) is 12.3. The highest BCUT2D eigenvalue weighted by Crippen LogP contribution is 2.49. The van der Waals surface area contributed by atoms with Crippen LogP contribution in [0.4, 0.5) is 11.4 Å². The Balaban J connectivity index is 2.02. The summed E-state index contributed by atoms with van der Waals surface area (Å²) in [6.45, 7) is 3.96. The van der Waals surface area contributed by atoms with Crippen LogP contribution in [-0.2, 0) is 0 Å². The lowest BCUT2D eigenvalue weighted by molar-refractivity contribution is 0.0972. The Hall–Kier alpha value is -3.22.